The van der Waals surface area contributed by atoms with E-state index < -0.39 is 0 Å². The Morgan fingerprint density at radius 3 is 2.53 bits per heavy atom. The molecule has 0 fully saturated rings. The van der Waals surface area contributed by atoms with Crippen LogP contribution in [0.15, 0.2) is 42.5 Å². The van der Waals surface area contributed by atoms with E-state index in [0.29, 0.717) is 21.9 Å². The third kappa shape index (κ3) is 3.55. The molecule has 2 aromatic carbocycles. The second-order valence-electron chi connectivity index (χ2n) is 4.10. The van der Waals surface area contributed by atoms with Crippen LogP contribution in [0.4, 0.5) is 4.39 Å². The smallest absolute Gasteiger partial charge is 0.159 e. The van der Waals surface area contributed by atoms with E-state index in [2.05, 4.69) is 0 Å². The van der Waals surface area contributed by atoms with Crippen LogP contribution in [0.5, 0.6) is 5.75 Å². The average Bonchev–Trinajstić information content (AvgIpc) is 2.40. The Balaban J connectivity index is 2.06. The first-order valence-electron chi connectivity index (χ1n) is 5.74. The van der Waals surface area contributed by atoms with E-state index in [1.165, 1.54) is 25.1 Å². The molecule has 0 aromatic heterocycles. The predicted octanol–water partition coefficient (Wildman–Crippen LogP) is 4.26. The molecule has 0 spiro atoms. The van der Waals surface area contributed by atoms with Crippen molar-refractivity contribution in [3.8, 4) is 5.75 Å². The lowest BCUT2D eigenvalue weighted by atomic mass is 10.1. The fourth-order valence-corrected chi connectivity index (χ4v) is 1.80. The Hall–Kier alpha value is -1.87. The van der Waals surface area contributed by atoms with Crippen LogP contribution in [-0.2, 0) is 6.61 Å². The van der Waals surface area contributed by atoms with Crippen molar-refractivity contribution in [1.82, 2.24) is 0 Å². The Labute approximate surface area is 115 Å². The third-order valence-corrected chi connectivity index (χ3v) is 2.90. The minimum Gasteiger partial charge on any atom is -0.489 e. The SMILES string of the molecule is CC(=O)c1ccc(OCc2cc(Cl)ccc2F)cc1. The van der Waals surface area contributed by atoms with Crippen molar-refractivity contribution in [2.24, 2.45) is 0 Å². The Kier molecular flexibility index (Phi) is 4.17. The number of hydrogen-bond donors (Lipinski definition) is 0. The molecule has 0 aliphatic carbocycles. The van der Waals surface area contributed by atoms with Crippen LogP contribution in [0, 0.1) is 5.82 Å². The molecule has 0 saturated carbocycles. The zero-order chi connectivity index (χ0) is 13.8. The quantitative estimate of drug-likeness (QED) is 0.781. The number of hydrogen-bond acceptors (Lipinski definition) is 2. The molecule has 98 valence electrons. The number of benzene rings is 2. The van der Waals surface area contributed by atoms with Gasteiger partial charge >= 0.3 is 0 Å². The van der Waals surface area contributed by atoms with Crippen molar-refractivity contribution in [2.45, 2.75) is 13.5 Å². The number of ether oxygens (including phenoxy) is 1. The van der Waals surface area contributed by atoms with Crippen LogP contribution in [0.3, 0.4) is 0 Å². The normalized spacial score (nSPS) is 10.3. The number of carbonyl (C=O) groups excluding carboxylic acids is 1. The van der Waals surface area contributed by atoms with Crippen molar-refractivity contribution in [2.75, 3.05) is 0 Å². The maximum absolute atomic E-state index is 13.5. The first-order chi connectivity index (χ1) is 9.06. The molecule has 2 rings (SSSR count). The highest BCUT2D eigenvalue weighted by Gasteiger charge is 2.05. The van der Waals surface area contributed by atoms with E-state index in [1.807, 2.05) is 0 Å². The number of carbonyl (C=O) groups is 1. The van der Waals surface area contributed by atoms with Crippen LogP contribution in [0.25, 0.3) is 0 Å². The second-order valence-corrected chi connectivity index (χ2v) is 4.54. The summed E-state index contributed by atoms with van der Waals surface area (Å²) < 4.78 is 18.9. The highest BCUT2D eigenvalue weighted by Crippen LogP contribution is 2.18. The summed E-state index contributed by atoms with van der Waals surface area (Å²) in [6, 6.07) is 11.0. The van der Waals surface area contributed by atoms with Gasteiger partial charge in [0.25, 0.3) is 0 Å². The molecule has 0 heterocycles. The average molecular weight is 279 g/mol. The number of rotatable bonds is 4. The first-order valence-corrected chi connectivity index (χ1v) is 6.12. The van der Waals surface area contributed by atoms with Gasteiger partial charge in [-0.3, -0.25) is 4.79 Å². The summed E-state index contributed by atoms with van der Waals surface area (Å²) in [5.41, 5.74) is 1.00. The van der Waals surface area contributed by atoms with E-state index in [-0.39, 0.29) is 18.2 Å². The topological polar surface area (TPSA) is 26.3 Å². The molecule has 4 heteroatoms. The molecular formula is C15H12ClFO2. The zero-order valence-electron chi connectivity index (χ0n) is 10.3. The van der Waals surface area contributed by atoms with Crippen molar-refractivity contribution in [1.29, 1.82) is 0 Å². The number of Topliss-reactive ketones (excluding diaryl/α,β-unsaturated/α-hetero) is 1. The lowest BCUT2D eigenvalue weighted by molar-refractivity contribution is 0.101. The summed E-state index contributed by atoms with van der Waals surface area (Å²) in [4.78, 5) is 11.1. The van der Waals surface area contributed by atoms with Gasteiger partial charge in [0.2, 0.25) is 0 Å². The van der Waals surface area contributed by atoms with E-state index in [9.17, 15) is 9.18 Å². The molecule has 0 amide bonds. The molecule has 2 aromatic rings. The highest BCUT2D eigenvalue weighted by atomic mass is 35.5. The van der Waals surface area contributed by atoms with Crippen LogP contribution < -0.4 is 4.74 Å². The van der Waals surface area contributed by atoms with Crippen LogP contribution in [0.2, 0.25) is 5.02 Å². The van der Waals surface area contributed by atoms with Crippen molar-refractivity contribution in [3.63, 3.8) is 0 Å². The molecule has 19 heavy (non-hydrogen) atoms. The van der Waals surface area contributed by atoms with Gasteiger partial charge in [-0.05, 0) is 49.4 Å². The maximum atomic E-state index is 13.5. The van der Waals surface area contributed by atoms with Crippen LogP contribution in [0.1, 0.15) is 22.8 Å². The van der Waals surface area contributed by atoms with Gasteiger partial charge in [0, 0.05) is 16.1 Å². The molecule has 0 atom stereocenters. The van der Waals surface area contributed by atoms with Gasteiger partial charge in [0.15, 0.2) is 5.78 Å². The number of halogens is 2. The predicted molar refractivity (Wildman–Crippen MR) is 72.2 cm³/mol. The molecule has 2 nitrogen and oxygen atoms in total. The van der Waals surface area contributed by atoms with E-state index in [4.69, 9.17) is 16.3 Å². The lowest BCUT2D eigenvalue weighted by Crippen LogP contribution is -1.99. The molecule has 0 aliphatic rings. The summed E-state index contributed by atoms with van der Waals surface area (Å²) >= 11 is 5.79. The lowest BCUT2D eigenvalue weighted by Gasteiger charge is -2.08. The molecule has 0 radical (unpaired) electrons. The summed E-state index contributed by atoms with van der Waals surface area (Å²) in [6.07, 6.45) is 0. The minimum atomic E-state index is -0.357. The monoisotopic (exact) mass is 278 g/mol. The van der Waals surface area contributed by atoms with Gasteiger partial charge in [0.05, 0.1) is 0 Å². The van der Waals surface area contributed by atoms with Crippen LogP contribution >= 0.6 is 11.6 Å². The fourth-order valence-electron chi connectivity index (χ4n) is 1.60. The van der Waals surface area contributed by atoms with Crippen molar-refractivity contribution >= 4 is 17.4 Å². The molecule has 0 saturated heterocycles. The summed E-state index contributed by atoms with van der Waals surface area (Å²) in [7, 11) is 0. The van der Waals surface area contributed by atoms with Crippen molar-refractivity contribution in [3.05, 3.63) is 64.4 Å². The van der Waals surface area contributed by atoms with E-state index >= 15 is 0 Å². The largest absolute Gasteiger partial charge is 0.489 e. The van der Waals surface area contributed by atoms with Gasteiger partial charge in [0.1, 0.15) is 18.2 Å². The third-order valence-electron chi connectivity index (χ3n) is 2.66. The Bertz CT molecular complexity index is 594. The molecule has 0 bridgehead atoms. The summed E-state index contributed by atoms with van der Waals surface area (Å²) in [5, 5.41) is 0.465. The zero-order valence-corrected chi connectivity index (χ0v) is 11.1. The van der Waals surface area contributed by atoms with Gasteiger partial charge in [-0.25, -0.2) is 4.39 Å². The van der Waals surface area contributed by atoms with Crippen LogP contribution in [-0.4, -0.2) is 5.78 Å². The van der Waals surface area contributed by atoms with E-state index in [1.54, 1.807) is 24.3 Å². The highest BCUT2D eigenvalue weighted by molar-refractivity contribution is 6.30. The summed E-state index contributed by atoms with van der Waals surface area (Å²) in [6.45, 7) is 1.59. The molecule has 0 N–H and O–H groups in total. The Morgan fingerprint density at radius 1 is 1.21 bits per heavy atom. The number of ketones is 1. The summed E-state index contributed by atoms with van der Waals surface area (Å²) in [5.74, 6) is 0.210. The van der Waals surface area contributed by atoms with Gasteiger partial charge < -0.3 is 4.74 Å². The first kappa shape index (κ1) is 13.6. The maximum Gasteiger partial charge on any atom is 0.159 e. The molecule has 0 unspecified atom stereocenters. The molecule has 0 aliphatic heterocycles. The van der Waals surface area contributed by atoms with E-state index in [0.717, 1.165) is 0 Å². The van der Waals surface area contributed by atoms with Gasteiger partial charge in [-0.15, -0.1) is 0 Å². The molecular weight excluding hydrogens is 267 g/mol. The second kappa shape index (κ2) is 5.85. The van der Waals surface area contributed by atoms with Gasteiger partial charge in [-0.2, -0.15) is 0 Å². The van der Waals surface area contributed by atoms with Crippen molar-refractivity contribution < 1.29 is 13.9 Å². The van der Waals surface area contributed by atoms with Gasteiger partial charge in [-0.1, -0.05) is 11.6 Å². The minimum absolute atomic E-state index is 0.00700. The Morgan fingerprint density at radius 2 is 1.89 bits per heavy atom. The standard InChI is InChI=1S/C15H12ClFO2/c1-10(18)11-2-5-14(6-3-11)19-9-12-8-13(16)4-7-15(12)17/h2-8H,9H2,1H3. The fraction of sp³-hybridized carbons (Fsp3) is 0.133.